The smallest absolute Gasteiger partial charge is 0.253 e. The van der Waals surface area contributed by atoms with Crippen molar-refractivity contribution in [3.8, 4) is 28.5 Å². The molecule has 2 aliphatic rings. The third-order valence-electron chi connectivity index (χ3n) is 9.49. The highest BCUT2D eigenvalue weighted by atomic mass is 19.1. The van der Waals surface area contributed by atoms with Gasteiger partial charge in [-0.05, 0) is 98.5 Å². The maximum atomic E-state index is 13.1. The SMILES string of the molecule is COc1ccc(-c2noc(C3CCCN(C(=O)c4ccccc4)C3)n2)cc1.O=C(c1ccccc1)N1CCCC(c2nc(-c3ccc(F)cc3)no2)C1. The average Bonchev–Trinajstić information content (AvgIpc) is 3.94. The summed E-state index contributed by atoms with van der Waals surface area (Å²) in [6.45, 7) is 2.63. The summed E-state index contributed by atoms with van der Waals surface area (Å²) in [6.07, 6.45) is 3.63. The number of benzene rings is 4. The average molecular weight is 715 g/mol. The van der Waals surface area contributed by atoms with E-state index in [9.17, 15) is 14.0 Å². The van der Waals surface area contributed by atoms with Gasteiger partial charge in [-0.2, -0.15) is 9.97 Å². The van der Waals surface area contributed by atoms with Gasteiger partial charge in [0.05, 0.1) is 18.9 Å². The van der Waals surface area contributed by atoms with Crippen molar-refractivity contribution in [3.63, 3.8) is 0 Å². The molecule has 8 rings (SSSR count). The molecule has 2 amide bonds. The highest BCUT2D eigenvalue weighted by Gasteiger charge is 2.30. The molecule has 6 aromatic rings. The summed E-state index contributed by atoms with van der Waals surface area (Å²) < 4.78 is 29.2. The lowest BCUT2D eigenvalue weighted by Gasteiger charge is -2.31. The number of carbonyl (C=O) groups is 2. The van der Waals surface area contributed by atoms with Crippen LogP contribution in [-0.2, 0) is 0 Å². The van der Waals surface area contributed by atoms with Crippen LogP contribution in [0.25, 0.3) is 22.8 Å². The summed E-state index contributed by atoms with van der Waals surface area (Å²) in [5.74, 6) is 2.73. The van der Waals surface area contributed by atoms with E-state index in [-0.39, 0.29) is 29.5 Å². The van der Waals surface area contributed by atoms with E-state index in [1.807, 2.05) is 94.7 Å². The number of piperidine rings is 2. The Morgan fingerprint density at radius 3 is 1.51 bits per heavy atom. The van der Waals surface area contributed by atoms with E-state index >= 15 is 0 Å². The lowest BCUT2D eigenvalue weighted by Crippen LogP contribution is -2.39. The first kappa shape index (κ1) is 35.2. The quantitative estimate of drug-likeness (QED) is 0.164. The number of likely N-dealkylation sites (tertiary alicyclic amines) is 2. The molecule has 0 saturated carbocycles. The molecule has 2 aliphatic heterocycles. The van der Waals surface area contributed by atoms with E-state index in [4.69, 9.17) is 13.8 Å². The number of carbonyl (C=O) groups excluding carboxylic acids is 2. The Balaban J connectivity index is 0.000000164. The van der Waals surface area contributed by atoms with Gasteiger partial charge in [0.15, 0.2) is 0 Å². The van der Waals surface area contributed by atoms with Crippen LogP contribution >= 0.6 is 0 Å². The number of aromatic nitrogens is 4. The van der Waals surface area contributed by atoms with Gasteiger partial charge in [-0.3, -0.25) is 9.59 Å². The summed E-state index contributed by atoms with van der Waals surface area (Å²) in [7, 11) is 1.63. The Morgan fingerprint density at radius 2 is 1.08 bits per heavy atom. The van der Waals surface area contributed by atoms with E-state index in [0.717, 1.165) is 50.1 Å². The fourth-order valence-corrected chi connectivity index (χ4v) is 6.63. The minimum Gasteiger partial charge on any atom is -0.497 e. The highest BCUT2D eigenvalue weighted by molar-refractivity contribution is 5.94. The van der Waals surface area contributed by atoms with Crippen molar-refractivity contribution >= 4 is 11.8 Å². The molecule has 2 atom stereocenters. The standard InChI is InChI=1S/C21H21N3O3.C20H18FN3O2/c1-26-18-11-9-15(10-12-18)19-22-20(27-23-19)17-8-5-13-24(14-17)21(25)16-6-3-2-4-7-16;21-17-10-8-14(9-11-17)18-22-19(26-23-18)16-7-4-12-24(13-16)20(25)15-5-2-1-3-6-15/h2-4,6-7,9-12,17H,5,8,13-14H2,1H3;1-3,5-6,8-11,16H,4,7,12-13H2. The molecule has 0 spiro atoms. The molecular formula is C41H39FN6O5. The van der Waals surface area contributed by atoms with Crippen LogP contribution in [0.4, 0.5) is 4.39 Å². The molecule has 2 aromatic heterocycles. The minimum atomic E-state index is -0.306. The topological polar surface area (TPSA) is 128 Å². The van der Waals surface area contributed by atoms with Crippen molar-refractivity contribution in [2.75, 3.05) is 33.3 Å². The highest BCUT2D eigenvalue weighted by Crippen LogP contribution is 2.30. The molecule has 2 unspecified atom stereocenters. The lowest BCUT2D eigenvalue weighted by molar-refractivity contribution is 0.0688. The zero-order valence-electron chi connectivity index (χ0n) is 29.3. The predicted molar refractivity (Wildman–Crippen MR) is 195 cm³/mol. The number of hydrogen-bond donors (Lipinski definition) is 0. The second kappa shape index (κ2) is 16.4. The first-order valence-corrected chi connectivity index (χ1v) is 17.7. The summed E-state index contributed by atoms with van der Waals surface area (Å²) >= 11 is 0. The van der Waals surface area contributed by atoms with Gasteiger partial charge in [-0.15, -0.1) is 0 Å². The van der Waals surface area contributed by atoms with E-state index in [2.05, 4.69) is 20.3 Å². The molecule has 0 bridgehead atoms. The Hall–Kier alpha value is -6.17. The van der Waals surface area contributed by atoms with Crippen molar-refractivity contribution in [2.45, 2.75) is 37.5 Å². The molecule has 12 heteroatoms. The van der Waals surface area contributed by atoms with Crippen molar-refractivity contribution in [1.29, 1.82) is 0 Å². The molecule has 4 aromatic carbocycles. The minimum absolute atomic E-state index is 0.0121. The molecule has 53 heavy (non-hydrogen) atoms. The van der Waals surface area contributed by atoms with Gasteiger partial charge in [0.2, 0.25) is 23.4 Å². The summed E-state index contributed by atoms with van der Waals surface area (Å²) in [4.78, 5) is 38.1. The number of ether oxygens (including phenoxy) is 1. The van der Waals surface area contributed by atoms with Gasteiger partial charge in [-0.25, -0.2) is 4.39 Å². The zero-order chi connectivity index (χ0) is 36.6. The molecule has 0 N–H and O–H groups in total. The van der Waals surface area contributed by atoms with Crippen LogP contribution in [0.3, 0.4) is 0 Å². The molecule has 4 heterocycles. The molecule has 2 fully saturated rings. The van der Waals surface area contributed by atoms with Gasteiger partial charge in [0.1, 0.15) is 11.6 Å². The number of rotatable bonds is 7. The molecule has 2 saturated heterocycles. The van der Waals surface area contributed by atoms with Crippen LogP contribution in [0, 0.1) is 5.82 Å². The Kier molecular flexibility index (Phi) is 10.9. The van der Waals surface area contributed by atoms with E-state index in [0.29, 0.717) is 53.2 Å². The first-order valence-electron chi connectivity index (χ1n) is 17.7. The molecule has 0 aliphatic carbocycles. The van der Waals surface area contributed by atoms with Gasteiger partial charge < -0.3 is 23.6 Å². The number of methoxy groups -OCH3 is 1. The number of amides is 2. The van der Waals surface area contributed by atoms with Gasteiger partial charge in [-0.1, -0.05) is 46.7 Å². The molecule has 11 nitrogen and oxygen atoms in total. The monoisotopic (exact) mass is 714 g/mol. The fraction of sp³-hybridized carbons (Fsp3) is 0.268. The van der Waals surface area contributed by atoms with Crippen LogP contribution in [0.2, 0.25) is 0 Å². The van der Waals surface area contributed by atoms with Gasteiger partial charge in [0, 0.05) is 48.4 Å². The molecule has 270 valence electrons. The normalized spacial score (nSPS) is 17.1. The molecule has 0 radical (unpaired) electrons. The van der Waals surface area contributed by atoms with Crippen molar-refractivity contribution < 1.29 is 27.8 Å². The number of nitrogens with zero attached hydrogens (tertiary/aromatic N) is 6. The van der Waals surface area contributed by atoms with Crippen LogP contribution in [0.15, 0.2) is 118 Å². The van der Waals surface area contributed by atoms with Crippen LogP contribution in [0.5, 0.6) is 5.75 Å². The predicted octanol–water partition coefficient (Wildman–Crippen LogP) is 7.66. The number of halogens is 1. The van der Waals surface area contributed by atoms with Crippen LogP contribution < -0.4 is 4.74 Å². The maximum absolute atomic E-state index is 13.1. The first-order chi connectivity index (χ1) is 25.9. The Bertz CT molecular complexity index is 2100. The summed E-state index contributed by atoms with van der Waals surface area (Å²) in [6, 6.07) is 32.2. The lowest BCUT2D eigenvalue weighted by atomic mass is 9.97. The van der Waals surface area contributed by atoms with E-state index < -0.39 is 0 Å². The third kappa shape index (κ3) is 8.49. The summed E-state index contributed by atoms with van der Waals surface area (Å²) in [5.41, 5.74) is 2.97. The Labute approximate surface area is 306 Å². The third-order valence-corrected chi connectivity index (χ3v) is 9.49. The van der Waals surface area contributed by atoms with E-state index in [1.54, 1.807) is 19.2 Å². The largest absolute Gasteiger partial charge is 0.497 e. The number of hydrogen-bond acceptors (Lipinski definition) is 9. The summed E-state index contributed by atoms with van der Waals surface area (Å²) in [5, 5.41) is 8.12. The Morgan fingerprint density at radius 1 is 0.642 bits per heavy atom. The van der Waals surface area contributed by atoms with Crippen molar-refractivity contribution in [2.24, 2.45) is 0 Å². The van der Waals surface area contributed by atoms with Crippen molar-refractivity contribution in [1.82, 2.24) is 30.1 Å². The second-order valence-electron chi connectivity index (χ2n) is 13.1. The van der Waals surface area contributed by atoms with E-state index in [1.165, 1.54) is 12.1 Å². The fourth-order valence-electron chi connectivity index (χ4n) is 6.63. The van der Waals surface area contributed by atoms with Gasteiger partial charge in [0.25, 0.3) is 11.8 Å². The molecular weight excluding hydrogens is 675 g/mol. The van der Waals surface area contributed by atoms with Crippen LogP contribution in [0.1, 0.15) is 70.0 Å². The zero-order valence-corrected chi connectivity index (χ0v) is 29.3. The maximum Gasteiger partial charge on any atom is 0.253 e. The van der Waals surface area contributed by atoms with Crippen LogP contribution in [-0.4, -0.2) is 75.2 Å². The van der Waals surface area contributed by atoms with Crippen molar-refractivity contribution in [3.05, 3.63) is 138 Å². The second-order valence-corrected chi connectivity index (χ2v) is 13.1. The van der Waals surface area contributed by atoms with Gasteiger partial charge >= 0.3 is 0 Å².